The fraction of sp³-hybridized carbons (Fsp3) is 0. The van der Waals surface area contributed by atoms with Crippen molar-refractivity contribution in [1.82, 2.24) is 10.2 Å². The number of aromatic nitrogens is 2. The second-order valence-corrected chi connectivity index (χ2v) is 4.32. The van der Waals surface area contributed by atoms with Crippen molar-refractivity contribution >= 4 is 22.4 Å². The Bertz CT molecular complexity index is 439. The SMILES string of the molecule is O=S(O)c1ccc(-c2nncs2)cc1. The van der Waals surface area contributed by atoms with Gasteiger partial charge in [0, 0.05) is 5.56 Å². The molecule has 0 saturated heterocycles. The van der Waals surface area contributed by atoms with E-state index in [9.17, 15) is 4.21 Å². The van der Waals surface area contributed by atoms with Crippen LogP contribution in [0.15, 0.2) is 34.7 Å². The molecule has 2 aromatic rings. The van der Waals surface area contributed by atoms with E-state index >= 15 is 0 Å². The van der Waals surface area contributed by atoms with E-state index in [0.29, 0.717) is 4.90 Å². The number of nitrogens with zero attached hydrogens (tertiary/aromatic N) is 2. The summed E-state index contributed by atoms with van der Waals surface area (Å²) in [5, 5.41) is 8.41. The first-order chi connectivity index (χ1) is 6.77. The Balaban J connectivity index is 2.36. The van der Waals surface area contributed by atoms with Gasteiger partial charge in [-0.15, -0.1) is 10.2 Å². The fourth-order valence-corrected chi connectivity index (χ4v) is 1.94. The van der Waals surface area contributed by atoms with E-state index in [1.807, 2.05) is 0 Å². The minimum atomic E-state index is -1.92. The quantitative estimate of drug-likeness (QED) is 0.793. The van der Waals surface area contributed by atoms with E-state index in [1.54, 1.807) is 29.8 Å². The van der Waals surface area contributed by atoms with Crippen molar-refractivity contribution < 1.29 is 8.76 Å². The molecule has 1 unspecified atom stereocenters. The van der Waals surface area contributed by atoms with Gasteiger partial charge in [-0.1, -0.05) is 23.5 Å². The second-order valence-electron chi connectivity index (χ2n) is 2.52. The van der Waals surface area contributed by atoms with Crippen LogP contribution in [-0.4, -0.2) is 19.0 Å². The van der Waals surface area contributed by atoms with Crippen molar-refractivity contribution in [3.63, 3.8) is 0 Å². The average molecular weight is 226 g/mol. The first kappa shape index (κ1) is 9.45. The molecular formula is C8H6N2O2S2. The highest BCUT2D eigenvalue weighted by Gasteiger charge is 2.03. The lowest BCUT2D eigenvalue weighted by molar-refractivity contribution is 0.564. The van der Waals surface area contributed by atoms with Gasteiger partial charge in [-0.25, -0.2) is 4.21 Å². The predicted octanol–water partition coefficient (Wildman–Crippen LogP) is 1.79. The Labute approximate surface area is 86.9 Å². The number of hydrogen-bond acceptors (Lipinski definition) is 4. The molecule has 0 aliphatic carbocycles. The third kappa shape index (κ3) is 1.87. The van der Waals surface area contributed by atoms with E-state index in [0.717, 1.165) is 10.6 Å². The van der Waals surface area contributed by atoms with Gasteiger partial charge in [0.2, 0.25) is 0 Å². The maximum absolute atomic E-state index is 10.7. The van der Waals surface area contributed by atoms with Crippen LogP contribution >= 0.6 is 11.3 Å². The van der Waals surface area contributed by atoms with Crippen molar-refractivity contribution in [2.75, 3.05) is 0 Å². The topological polar surface area (TPSA) is 63.1 Å². The summed E-state index contributed by atoms with van der Waals surface area (Å²) in [4.78, 5) is 0.387. The second kappa shape index (κ2) is 3.95. The molecule has 72 valence electrons. The molecule has 0 saturated carbocycles. The van der Waals surface area contributed by atoms with Crippen LogP contribution in [0.4, 0.5) is 0 Å². The Morgan fingerprint density at radius 1 is 1.29 bits per heavy atom. The minimum Gasteiger partial charge on any atom is -0.302 e. The summed E-state index contributed by atoms with van der Waals surface area (Å²) in [6.45, 7) is 0. The van der Waals surface area contributed by atoms with E-state index in [1.165, 1.54) is 11.3 Å². The number of benzene rings is 1. The molecule has 0 aliphatic heterocycles. The van der Waals surface area contributed by atoms with Crippen molar-refractivity contribution in [1.29, 1.82) is 0 Å². The van der Waals surface area contributed by atoms with Gasteiger partial charge in [-0.2, -0.15) is 0 Å². The van der Waals surface area contributed by atoms with Crippen molar-refractivity contribution in [2.24, 2.45) is 0 Å². The highest BCUT2D eigenvalue weighted by molar-refractivity contribution is 7.79. The van der Waals surface area contributed by atoms with Crippen LogP contribution in [0, 0.1) is 0 Å². The molecular weight excluding hydrogens is 220 g/mol. The predicted molar refractivity (Wildman–Crippen MR) is 54.4 cm³/mol. The summed E-state index contributed by atoms with van der Waals surface area (Å²) >= 11 is -0.487. The first-order valence-corrected chi connectivity index (χ1v) is 5.73. The zero-order valence-corrected chi connectivity index (χ0v) is 8.59. The summed E-state index contributed by atoms with van der Waals surface area (Å²) in [5.74, 6) is 0. The molecule has 0 amide bonds. The van der Waals surface area contributed by atoms with Gasteiger partial charge in [0.1, 0.15) is 10.5 Å². The Morgan fingerprint density at radius 3 is 2.50 bits per heavy atom. The third-order valence-corrected chi connectivity index (χ3v) is 3.08. The first-order valence-electron chi connectivity index (χ1n) is 3.75. The molecule has 1 aromatic heterocycles. The molecule has 1 N–H and O–H groups in total. The van der Waals surface area contributed by atoms with Gasteiger partial charge in [-0.3, -0.25) is 0 Å². The van der Waals surface area contributed by atoms with Crippen LogP contribution in [0.2, 0.25) is 0 Å². The summed E-state index contributed by atoms with van der Waals surface area (Å²) < 4.78 is 19.5. The van der Waals surface area contributed by atoms with Gasteiger partial charge in [0.15, 0.2) is 11.1 Å². The van der Waals surface area contributed by atoms with Gasteiger partial charge < -0.3 is 4.55 Å². The van der Waals surface area contributed by atoms with Crippen molar-refractivity contribution in [3.05, 3.63) is 29.8 Å². The van der Waals surface area contributed by atoms with E-state index in [2.05, 4.69) is 10.2 Å². The van der Waals surface area contributed by atoms with E-state index < -0.39 is 11.1 Å². The monoisotopic (exact) mass is 226 g/mol. The molecule has 0 aliphatic rings. The Hall–Kier alpha value is -1.11. The lowest BCUT2D eigenvalue weighted by atomic mass is 10.2. The smallest absolute Gasteiger partial charge is 0.186 e. The standard InChI is InChI=1S/C8H6N2O2S2/c11-14(12)7-3-1-6(2-4-7)8-10-9-5-13-8/h1-5H,(H,11,12). The van der Waals surface area contributed by atoms with E-state index in [4.69, 9.17) is 4.55 Å². The molecule has 14 heavy (non-hydrogen) atoms. The third-order valence-electron chi connectivity index (χ3n) is 1.66. The molecule has 1 aromatic carbocycles. The van der Waals surface area contributed by atoms with Crippen molar-refractivity contribution in [3.8, 4) is 10.6 Å². The van der Waals surface area contributed by atoms with Crippen LogP contribution < -0.4 is 0 Å². The fourth-order valence-electron chi connectivity index (χ4n) is 1.01. The zero-order valence-electron chi connectivity index (χ0n) is 6.95. The van der Waals surface area contributed by atoms with Crippen LogP contribution in [0.25, 0.3) is 10.6 Å². The molecule has 0 fully saturated rings. The molecule has 2 rings (SSSR count). The lowest BCUT2D eigenvalue weighted by Crippen LogP contribution is -1.87. The minimum absolute atomic E-state index is 0.387. The highest BCUT2D eigenvalue weighted by Crippen LogP contribution is 2.21. The Kier molecular flexibility index (Phi) is 2.67. The molecule has 6 heteroatoms. The maximum Gasteiger partial charge on any atom is 0.186 e. The molecule has 1 atom stereocenters. The average Bonchev–Trinajstić information content (AvgIpc) is 2.71. The molecule has 0 bridgehead atoms. The van der Waals surface area contributed by atoms with Crippen LogP contribution in [-0.2, 0) is 11.1 Å². The molecule has 4 nitrogen and oxygen atoms in total. The Morgan fingerprint density at radius 2 is 2.00 bits per heavy atom. The van der Waals surface area contributed by atoms with Crippen LogP contribution in [0.3, 0.4) is 0 Å². The molecule has 0 spiro atoms. The zero-order chi connectivity index (χ0) is 9.97. The van der Waals surface area contributed by atoms with Gasteiger partial charge in [0.25, 0.3) is 0 Å². The van der Waals surface area contributed by atoms with Crippen LogP contribution in [0.1, 0.15) is 0 Å². The number of hydrogen-bond donors (Lipinski definition) is 1. The molecule has 0 radical (unpaired) electrons. The lowest BCUT2D eigenvalue weighted by Gasteiger charge is -1.96. The van der Waals surface area contributed by atoms with Gasteiger partial charge in [-0.05, 0) is 12.1 Å². The van der Waals surface area contributed by atoms with E-state index in [-0.39, 0.29) is 0 Å². The highest BCUT2D eigenvalue weighted by atomic mass is 32.2. The normalized spacial score (nSPS) is 12.6. The van der Waals surface area contributed by atoms with Crippen molar-refractivity contribution in [2.45, 2.75) is 4.90 Å². The summed E-state index contributed by atoms with van der Waals surface area (Å²) in [6, 6.07) is 6.72. The maximum atomic E-state index is 10.7. The largest absolute Gasteiger partial charge is 0.302 e. The molecule has 1 heterocycles. The number of rotatable bonds is 2. The summed E-state index contributed by atoms with van der Waals surface area (Å²) in [6.07, 6.45) is 0. The van der Waals surface area contributed by atoms with Gasteiger partial charge in [0.05, 0.1) is 4.90 Å². The summed E-state index contributed by atoms with van der Waals surface area (Å²) in [7, 11) is 0. The summed E-state index contributed by atoms with van der Waals surface area (Å²) in [5.41, 5.74) is 2.55. The van der Waals surface area contributed by atoms with Gasteiger partial charge >= 0.3 is 0 Å². The van der Waals surface area contributed by atoms with Crippen LogP contribution in [0.5, 0.6) is 0 Å².